The molecular formula is C19H18F6O2. The summed E-state index contributed by atoms with van der Waals surface area (Å²) in [6, 6.07) is 2.78. The lowest BCUT2D eigenvalue weighted by Crippen LogP contribution is -2.55. The van der Waals surface area contributed by atoms with E-state index >= 15 is 0 Å². The summed E-state index contributed by atoms with van der Waals surface area (Å²) in [4.78, 5) is 0. The van der Waals surface area contributed by atoms with Gasteiger partial charge in [0, 0.05) is 0 Å². The fourth-order valence-corrected chi connectivity index (χ4v) is 3.33. The molecule has 0 fully saturated rings. The van der Waals surface area contributed by atoms with Crippen molar-refractivity contribution in [2.45, 2.75) is 45.5 Å². The van der Waals surface area contributed by atoms with Crippen LogP contribution < -0.4 is 0 Å². The summed E-state index contributed by atoms with van der Waals surface area (Å²) in [6.45, 7) is 4.93. The summed E-state index contributed by atoms with van der Waals surface area (Å²) in [5.41, 5.74) is -6.80. The Morgan fingerprint density at radius 2 is 0.778 bits per heavy atom. The number of aryl methyl sites for hydroxylation is 4. The highest BCUT2D eigenvalue weighted by molar-refractivity contribution is 5.54. The lowest BCUT2D eigenvalue weighted by Gasteiger charge is -2.39. The second-order valence-electron chi connectivity index (χ2n) is 6.66. The lowest BCUT2D eigenvalue weighted by molar-refractivity contribution is -0.288. The molecule has 0 aromatic heterocycles. The lowest BCUT2D eigenvalue weighted by atomic mass is 9.71. The Bertz CT molecular complexity index is 761. The van der Waals surface area contributed by atoms with Gasteiger partial charge in [0.15, 0.2) is 0 Å². The summed E-state index contributed by atoms with van der Waals surface area (Å²) in [6.07, 6.45) is -11.5. The molecule has 0 heterocycles. The van der Waals surface area contributed by atoms with Crippen LogP contribution in [0.25, 0.3) is 0 Å². The van der Waals surface area contributed by atoms with E-state index in [0.29, 0.717) is 24.3 Å². The van der Waals surface area contributed by atoms with Gasteiger partial charge in [0.1, 0.15) is 11.5 Å². The van der Waals surface area contributed by atoms with Gasteiger partial charge in [-0.25, -0.2) is 0 Å². The minimum Gasteiger partial charge on any atom is -0.507 e. The van der Waals surface area contributed by atoms with Crippen LogP contribution in [0.3, 0.4) is 0 Å². The third-order valence-corrected chi connectivity index (χ3v) is 4.70. The first-order chi connectivity index (χ1) is 12.1. The molecule has 8 heteroatoms. The smallest absolute Gasteiger partial charge is 0.411 e. The molecule has 0 aliphatic rings. The van der Waals surface area contributed by atoms with Crippen LogP contribution in [0.2, 0.25) is 0 Å². The fraction of sp³-hybridized carbons (Fsp3) is 0.368. The van der Waals surface area contributed by atoms with Crippen molar-refractivity contribution in [1.82, 2.24) is 0 Å². The minimum absolute atomic E-state index is 0.102. The van der Waals surface area contributed by atoms with Crippen LogP contribution in [0.5, 0.6) is 11.5 Å². The Morgan fingerprint density at radius 1 is 0.556 bits per heavy atom. The summed E-state index contributed by atoms with van der Waals surface area (Å²) >= 11 is 0. The molecule has 0 amide bonds. The summed E-state index contributed by atoms with van der Waals surface area (Å²) in [5.74, 6) is -0.731. The van der Waals surface area contributed by atoms with Gasteiger partial charge in [-0.15, -0.1) is 0 Å². The zero-order valence-electron chi connectivity index (χ0n) is 15.0. The molecule has 0 aliphatic heterocycles. The maximum Gasteiger partial charge on any atom is 0.411 e. The number of rotatable bonds is 2. The molecule has 0 aliphatic carbocycles. The molecule has 27 heavy (non-hydrogen) atoms. The quantitative estimate of drug-likeness (QED) is 0.640. The molecule has 0 atom stereocenters. The van der Waals surface area contributed by atoms with E-state index in [-0.39, 0.29) is 33.8 Å². The minimum atomic E-state index is -5.73. The number of hydrogen-bond acceptors (Lipinski definition) is 2. The SMILES string of the molecule is Cc1cc(C(c2cc(C)c(O)c(C)c2)(C(F)(F)F)C(F)(F)F)cc(C)c1O. The fourth-order valence-electron chi connectivity index (χ4n) is 3.33. The predicted molar refractivity (Wildman–Crippen MR) is 88.1 cm³/mol. The molecule has 2 aromatic carbocycles. The van der Waals surface area contributed by atoms with Crippen molar-refractivity contribution in [1.29, 1.82) is 0 Å². The van der Waals surface area contributed by atoms with E-state index in [1.807, 2.05) is 0 Å². The number of halogens is 6. The maximum atomic E-state index is 14.1. The molecular weight excluding hydrogens is 374 g/mol. The van der Waals surface area contributed by atoms with Crippen molar-refractivity contribution in [3.63, 3.8) is 0 Å². The Balaban J connectivity index is 3.06. The number of alkyl halides is 6. The van der Waals surface area contributed by atoms with E-state index in [9.17, 15) is 36.6 Å². The third kappa shape index (κ3) is 3.11. The highest BCUT2D eigenvalue weighted by atomic mass is 19.4. The molecule has 0 saturated carbocycles. The molecule has 148 valence electrons. The highest BCUT2D eigenvalue weighted by Gasteiger charge is 2.72. The van der Waals surface area contributed by atoms with E-state index in [1.165, 1.54) is 27.7 Å². The van der Waals surface area contributed by atoms with Crippen molar-refractivity contribution in [2.24, 2.45) is 0 Å². The Hall–Kier alpha value is -2.38. The molecule has 2 aromatic rings. The van der Waals surface area contributed by atoms with Crippen molar-refractivity contribution in [3.8, 4) is 11.5 Å². The molecule has 2 N–H and O–H groups in total. The molecule has 0 radical (unpaired) electrons. The molecule has 2 rings (SSSR count). The Morgan fingerprint density at radius 3 is 0.963 bits per heavy atom. The van der Waals surface area contributed by atoms with Gasteiger partial charge in [0.05, 0.1) is 0 Å². The topological polar surface area (TPSA) is 40.5 Å². The summed E-state index contributed by atoms with van der Waals surface area (Å²) in [7, 11) is 0. The molecule has 0 bridgehead atoms. The zero-order chi connectivity index (χ0) is 20.9. The van der Waals surface area contributed by atoms with Crippen molar-refractivity contribution < 1.29 is 36.6 Å². The largest absolute Gasteiger partial charge is 0.507 e. The van der Waals surface area contributed by atoms with Gasteiger partial charge in [0.25, 0.3) is 0 Å². The van der Waals surface area contributed by atoms with Crippen LogP contribution in [0.4, 0.5) is 26.3 Å². The number of phenols is 2. The first-order valence-corrected chi connectivity index (χ1v) is 7.89. The van der Waals surface area contributed by atoms with Crippen LogP contribution in [0, 0.1) is 27.7 Å². The van der Waals surface area contributed by atoms with Gasteiger partial charge in [-0.2, -0.15) is 26.3 Å². The number of aromatic hydroxyl groups is 2. The van der Waals surface area contributed by atoms with E-state index < -0.39 is 28.9 Å². The van der Waals surface area contributed by atoms with Crippen LogP contribution in [-0.2, 0) is 5.41 Å². The van der Waals surface area contributed by atoms with Gasteiger partial charge in [-0.1, -0.05) is 24.3 Å². The normalized spacial score (nSPS) is 13.1. The van der Waals surface area contributed by atoms with Crippen molar-refractivity contribution >= 4 is 0 Å². The first-order valence-electron chi connectivity index (χ1n) is 7.89. The van der Waals surface area contributed by atoms with Crippen molar-refractivity contribution in [2.75, 3.05) is 0 Å². The molecule has 0 unspecified atom stereocenters. The van der Waals surface area contributed by atoms with Gasteiger partial charge >= 0.3 is 12.4 Å². The third-order valence-electron chi connectivity index (χ3n) is 4.70. The van der Waals surface area contributed by atoms with Gasteiger partial charge in [-0.05, 0) is 61.1 Å². The van der Waals surface area contributed by atoms with Gasteiger partial charge in [-0.3, -0.25) is 0 Å². The zero-order valence-corrected chi connectivity index (χ0v) is 15.0. The van der Waals surface area contributed by atoms with Gasteiger partial charge < -0.3 is 10.2 Å². The second kappa shape index (κ2) is 6.35. The van der Waals surface area contributed by atoms with E-state index in [4.69, 9.17) is 0 Å². The Labute approximate surface area is 152 Å². The van der Waals surface area contributed by atoms with Crippen LogP contribution >= 0.6 is 0 Å². The Kier molecular flexibility index (Phi) is 4.92. The van der Waals surface area contributed by atoms with E-state index in [1.54, 1.807) is 0 Å². The van der Waals surface area contributed by atoms with Crippen LogP contribution in [0.1, 0.15) is 33.4 Å². The van der Waals surface area contributed by atoms with E-state index in [2.05, 4.69) is 0 Å². The number of benzene rings is 2. The monoisotopic (exact) mass is 392 g/mol. The highest BCUT2D eigenvalue weighted by Crippen LogP contribution is 2.57. The van der Waals surface area contributed by atoms with Gasteiger partial charge in [0.2, 0.25) is 5.41 Å². The molecule has 0 spiro atoms. The standard InChI is InChI=1S/C19H18F6O2/c1-9-5-13(6-10(2)15(9)26)17(18(20,21)22,19(23,24)25)14-7-11(3)16(27)12(4)8-14/h5-8,26-27H,1-4H3. The number of phenolic OH excluding ortho intramolecular Hbond substituents is 2. The van der Waals surface area contributed by atoms with E-state index in [0.717, 1.165) is 0 Å². The first kappa shape index (κ1) is 20.9. The molecule has 2 nitrogen and oxygen atoms in total. The van der Waals surface area contributed by atoms with Crippen LogP contribution in [0.15, 0.2) is 24.3 Å². The maximum absolute atomic E-state index is 14.1. The second-order valence-corrected chi connectivity index (χ2v) is 6.66. The molecule has 0 saturated heterocycles. The summed E-state index contributed by atoms with van der Waals surface area (Å²) < 4.78 is 84.8. The summed E-state index contributed by atoms with van der Waals surface area (Å²) in [5, 5.41) is 19.6. The average Bonchev–Trinajstić information content (AvgIpc) is 2.47. The van der Waals surface area contributed by atoms with Crippen molar-refractivity contribution in [3.05, 3.63) is 57.6 Å². The predicted octanol–water partition coefficient (Wildman–Crippen LogP) is 5.74. The van der Waals surface area contributed by atoms with Crippen LogP contribution in [-0.4, -0.2) is 22.6 Å². The number of hydrogen-bond donors (Lipinski definition) is 2. The average molecular weight is 392 g/mol.